The second-order valence-corrected chi connectivity index (χ2v) is 8.16. The number of amides is 1. The van der Waals surface area contributed by atoms with Gasteiger partial charge in [0.05, 0.1) is 17.4 Å². The van der Waals surface area contributed by atoms with Crippen LogP contribution in [0.1, 0.15) is 32.1 Å². The summed E-state index contributed by atoms with van der Waals surface area (Å²) in [6.07, 6.45) is 4.10. The minimum atomic E-state index is -3.44. The van der Waals surface area contributed by atoms with Crippen molar-refractivity contribution in [1.29, 1.82) is 0 Å². The fourth-order valence-corrected chi connectivity index (χ4v) is 4.15. The van der Waals surface area contributed by atoms with Gasteiger partial charge in [0, 0.05) is 25.4 Å². The predicted molar refractivity (Wildman–Crippen MR) is 86.6 cm³/mol. The first kappa shape index (κ1) is 16.4. The van der Waals surface area contributed by atoms with E-state index in [4.69, 9.17) is 4.74 Å². The molecule has 1 saturated heterocycles. The highest BCUT2D eigenvalue weighted by Crippen LogP contribution is 2.30. The minimum Gasteiger partial charge on any atom is -0.378 e. The second kappa shape index (κ2) is 6.59. The molecule has 0 bridgehead atoms. The number of carbonyl (C=O) groups is 1. The van der Waals surface area contributed by atoms with Crippen LogP contribution in [-0.4, -0.2) is 44.4 Å². The standard InChI is InChI=1S/C16H22N2O4S/c1-18(13-6-7-13)23(20,21)15-8-4-12(5-9-15)17-16(19)11-14-3-2-10-22-14/h4-5,8-9,13-14H,2-3,6-7,10-11H2,1H3,(H,17,19). The van der Waals surface area contributed by atoms with Crippen LogP contribution >= 0.6 is 0 Å². The molecular formula is C16H22N2O4S. The third-order valence-corrected chi connectivity index (χ3v) is 6.24. The maximum atomic E-state index is 12.4. The van der Waals surface area contributed by atoms with Gasteiger partial charge in [-0.05, 0) is 49.9 Å². The van der Waals surface area contributed by atoms with Crippen molar-refractivity contribution in [3.05, 3.63) is 24.3 Å². The third kappa shape index (κ3) is 3.91. The van der Waals surface area contributed by atoms with Gasteiger partial charge in [-0.2, -0.15) is 4.31 Å². The minimum absolute atomic E-state index is 0.00171. The van der Waals surface area contributed by atoms with Crippen molar-refractivity contribution < 1.29 is 17.9 Å². The van der Waals surface area contributed by atoms with Gasteiger partial charge in [-0.3, -0.25) is 4.79 Å². The monoisotopic (exact) mass is 338 g/mol. The molecule has 1 aliphatic carbocycles. The highest BCUT2D eigenvalue weighted by molar-refractivity contribution is 7.89. The zero-order chi connectivity index (χ0) is 16.4. The first-order valence-corrected chi connectivity index (χ1v) is 9.40. The lowest BCUT2D eigenvalue weighted by Crippen LogP contribution is -2.28. The van der Waals surface area contributed by atoms with Gasteiger partial charge in [-0.25, -0.2) is 8.42 Å². The molecule has 7 heteroatoms. The molecule has 1 heterocycles. The lowest BCUT2D eigenvalue weighted by Gasteiger charge is -2.16. The Kier molecular flexibility index (Phi) is 4.70. The van der Waals surface area contributed by atoms with Gasteiger partial charge in [0.15, 0.2) is 0 Å². The average Bonchev–Trinajstić information content (AvgIpc) is 3.25. The van der Waals surface area contributed by atoms with E-state index in [1.165, 1.54) is 16.4 Å². The third-order valence-electron chi connectivity index (χ3n) is 4.31. The van der Waals surface area contributed by atoms with Crippen molar-refractivity contribution in [3.8, 4) is 0 Å². The molecule has 1 saturated carbocycles. The summed E-state index contributed by atoms with van der Waals surface area (Å²) in [5, 5.41) is 2.78. The van der Waals surface area contributed by atoms with Crippen LogP contribution in [0.3, 0.4) is 0 Å². The molecule has 1 amide bonds. The van der Waals surface area contributed by atoms with Crippen LogP contribution in [0.5, 0.6) is 0 Å². The summed E-state index contributed by atoms with van der Waals surface area (Å²) < 4.78 is 31.7. The molecule has 1 unspecified atom stereocenters. The normalized spacial score (nSPS) is 21.6. The number of anilines is 1. The first-order chi connectivity index (χ1) is 11.0. The van der Waals surface area contributed by atoms with Crippen molar-refractivity contribution in [2.24, 2.45) is 0 Å². The first-order valence-electron chi connectivity index (χ1n) is 7.96. The number of hydrogen-bond acceptors (Lipinski definition) is 4. The van der Waals surface area contributed by atoms with Crippen LogP contribution in [0.2, 0.25) is 0 Å². The summed E-state index contributed by atoms with van der Waals surface area (Å²) in [5.74, 6) is -0.109. The highest BCUT2D eigenvalue weighted by atomic mass is 32.2. The summed E-state index contributed by atoms with van der Waals surface area (Å²) in [6, 6.07) is 6.46. The average molecular weight is 338 g/mol. The number of benzene rings is 1. The van der Waals surface area contributed by atoms with Gasteiger partial charge < -0.3 is 10.1 Å². The van der Waals surface area contributed by atoms with Crippen LogP contribution in [0, 0.1) is 0 Å². The lowest BCUT2D eigenvalue weighted by atomic mass is 10.2. The Bertz CT molecular complexity index is 662. The van der Waals surface area contributed by atoms with E-state index in [0.29, 0.717) is 12.1 Å². The van der Waals surface area contributed by atoms with Gasteiger partial charge in [0.25, 0.3) is 0 Å². The number of carbonyl (C=O) groups excluding carboxylic acids is 1. The molecule has 1 atom stereocenters. The van der Waals surface area contributed by atoms with Crippen molar-refractivity contribution >= 4 is 21.6 Å². The molecule has 2 aliphatic rings. The van der Waals surface area contributed by atoms with Crippen LogP contribution in [0.4, 0.5) is 5.69 Å². The molecule has 1 aliphatic heterocycles. The van der Waals surface area contributed by atoms with Crippen LogP contribution in [0.25, 0.3) is 0 Å². The fourth-order valence-electron chi connectivity index (χ4n) is 2.74. The van der Waals surface area contributed by atoms with E-state index in [0.717, 1.165) is 32.3 Å². The molecule has 3 rings (SSSR count). The Labute approximate surface area is 136 Å². The lowest BCUT2D eigenvalue weighted by molar-refractivity contribution is -0.118. The Morgan fingerprint density at radius 2 is 1.96 bits per heavy atom. The van der Waals surface area contributed by atoms with Crippen molar-refractivity contribution in [3.63, 3.8) is 0 Å². The Morgan fingerprint density at radius 3 is 2.52 bits per heavy atom. The number of sulfonamides is 1. The molecule has 1 aromatic carbocycles. The summed E-state index contributed by atoms with van der Waals surface area (Å²) in [7, 11) is -1.82. The molecule has 126 valence electrons. The Morgan fingerprint density at radius 1 is 1.26 bits per heavy atom. The molecule has 6 nitrogen and oxygen atoms in total. The van der Waals surface area contributed by atoms with E-state index >= 15 is 0 Å². The van der Waals surface area contributed by atoms with Crippen LogP contribution in [-0.2, 0) is 19.6 Å². The molecule has 0 radical (unpaired) electrons. The number of rotatable bonds is 6. The van der Waals surface area contributed by atoms with Crippen LogP contribution < -0.4 is 5.32 Å². The quantitative estimate of drug-likeness (QED) is 0.860. The number of nitrogens with one attached hydrogen (secondary N) is 1. The number of nitrogens with zero attached hydrogens (tertiary/aromatic N) is 1. The smallest absolute Gasteiger partial charge is 0.243 e. The highest BCUT2D eigenvalue weighted by Gasteiger charge is 2.34. The topological polar surface area (TPSA) is 75.7 Å². The SMILES string of the molecule is CN(C1CC1)S(=O)(=O)c1ccc(NC(=O)CC2CCCO2)cc1. The summed E-state index contributed by atoms with van der Waals surface area (Å²) >= 11 is 0. The van der Waals surface area contributed by atoms with Gasteiger partial charge in [0.1, 0.15) is 0 Å². The van der Waals surface area contributed by atoms with Gasteiger partial charge >= 0.3 is 0 Å². The number of ether oxygens (including phenoxy) is 1. The van der Waals surface area contributed by atoms with E-state index in [-0.39, 0.29) is 22.9 Å². The Hall–Kier alpha value is -1.44. The van der Waals surface area contributed by atoms with Gasteiger partial charge in [-0.1, -0.05) is 0 Å². The molecule has 0 aromatic heterocycles. The molecular weight excluding hydrogens is 316 g/mol. The molecule has 1 aromatic rings. The molecule has 1 N–H and O–H groups in total. The zero-order valence-electron chi connectivity index (χ0n) is 13.2. The van der Waals surface area contributed by atoms with Crippen molar-refractivity contribution in [2.45, 2.75) is 49.1 Å². The van der Waals surface area contributed by atoms with Gasteiger partial charge in [-0.15, -0.1) is 0 Å². The zero-order valence-corrected chi connectivity index (χ0v) is 14.0. The fraction of sp³-hybridized carbons (Fsp3) is 0.562. The molecule has 2 fully saturated rings. The number of hydrogen-bond donors (Lipinski definition) is 1. The van der Waals surface area contributed by atoms with Gasteiger partial charge in [0.2, 0.25) is 15.9 Å². The maximum absolute atomic E-state index is 12.4. The Balaban J connectivity index is 1.61. The largest absolute Gasteiger partial charge is 0.378 e. The van der Waals surface area contributed by atoms with Crippen molar-refractivity contribution in [2.75, 3.05) is 19.0 Å². The van der Waals surface area contributed by atoms with Crippen LogP contribution in [0.15, 0.2) is 29.2 Å². The van der Waals surface area contributed by atoms with E-state index in [2.05, 4.69) is 5.32 Å². The molecule has 23 heavy (non-hydrogen) atoms. The predicted octanol–water partition coefficient (Wildman–Crippen LogP) is 1.98. The van der Waals surface area contributed by atoms with E-state index < -0.39 is 10.0 Å². The molecule has 0 spiro atoms. The summed E-state index contributed by atoms with van der Waals surface area (Å²) in [4.78, 5) is 12.2. The van der Waals surface area contributed by atoms with E-state index in [1.54, 1.807) is 19.2 Å². The maximum Gasteiger partial charge on any atom is 0.243 e. The van der Waals surface area contributed by atoms with E-state index in [1.807, 2.05) is 0 Å². The van der Waals surface area contributed by atoms with E-state index in [9.17, 15) is 13.2 Å². The summed E-state index contributed by atoms with van der Waals surface area (Å²) in [6.45, 7) is 0.721. The summed E-state index contributed by atoms with van der Waals surface area (Å²) in [5.41, 5.74) is 0.598. The second-order valence-electron chi connectivity index (χ2n) is 6.16. The van der Waals surface area contributed by atoms with Crippen molar-refractivity contribution in [1.82, 2.24) is 4.31 Å².